The maximum absolute atomic E-state index is 11.8. The monoisotopic (exact) mass is 254 g/mol. The Hall–Kier alpha value is -1.49. The van der Waals surface area contributed by atoms with Gasteiger partial charge in [0.25, 0.3) is 0 Å². The number of rotatable bonds is 2. The molecule has 0 aromatic heterocycles. The van der Waals surface area contributed by atoms with Crippen molar-refractivity contribution in [2.75, 3.05) is 0 Å². The van der Waals surface area contributed by atoms with E-state index in [1.54, 1.807) is 26.8 Å². The van der Waals surface area contributed by atoms with Gasteiger partial charge in [0.2, 0.25) is 0 Å². The van der Waals surface area contributed by atoms with Gasteiger partial charge in [-0.2, -0.15) is 0 Å². The number of hydrogen-bond acceptors (Lipinski definition) is 4. The average molecular weight is 254 g/mol. The summed E-state index contributed by atoms with van der Waals surface area (Å²) >= 11 is 4.04. The SMILES string of the molecule is CC(C)(C)OC(=O)c1ccc(S)cc1C(=O)O. The van der Waals surface area contributed by atoms with Crippen LogP contribution < -0.4 is 0 Å². The maximum atomic E-state index is 11.8. The van der Waals surface area contributed by atoms with E-state index in [0.29, 0.717) is 4.90 Å². The van der Waals surface area contributed by atoms with Gasteiger partial charge >= 0.3 is 11.9 Å². The summed E-state index contributed by atoms with van der Waals surface area (Å²) in [5, 5.41) is 9.00. The Morgan fingerprint density at radius 3 is 2.29 bits per heavy atom. The fraction of sp³-hybridized carbons (Fsp3) is 0.333. The first-order chi connectivity index (χ1) is 7.70. The highest BCUT2D eigenvalue weighted by atomic mass is 32.1. The van der Waals surface area contributed by atoms with Gasteiger partial charge in [0.1, 0.15) is 5.60 Å². The molecule has 5 heteroatoms. The molecule has 0 heterocycles. The minimum absolute atomic E-state index is 0.0326. The van der Waals surface area contributed by atoms with Gasteiger partial charge in [0.15, 0.2) is 0 Å². The highest BCUT2D eigenvalue weighted by Gasteiger charge is 2.22. The summed E-state index contributed by atoms with van der Waals surface area (Å²) < 4.78 is 5.13. The van der Waals surface area contributed by atoms with E-state index in [4.69, 9.17) is 9.84 Å². The lowest BCUT2D eigenvalue weighted by molar-refractivity contribution is 0.00658. The summed E-state index contributed by atoms with van der Waals surface area (Å²) in [6, 6.07) is 4.28. The first-order valence-electron chi connectivity index (χ1n) is 5.00. The molecule has 0 aliphatic rings. The molecule has 0 atom stereocenters. The van der Waals surface area contributed by atoms with E-state index in [2.05, 4.69) is 12.6 Å². The van der Waals surface area contributed by atoms with Crippen LogP contribution in [0, 0.1) is 0 Å². The molecule has 4 nitrogen and oxygen atoms in total. The van der Waals surface area contributed by atoms with E-state index in [-0.39, 0.29) is 11.1 Å². The second-order valence-corrected chi connectivity index (χ2v) is 5.05. The minimum Gasteiger partial charge on any atom is -0.478 e. The number of hydrogen-bond donors (Lipinski definition) is 2. The zero-order valence-electron chi connectivity index (χ0n) is 9.85. The van der Waals surface area contributed by atoms with Crippen molar-refractivity contribution < 1.29 is 19.4 Å². The lowest BCUT2D eigenvalue weighted by Crippen LogP contribution is -2.25. The first-order valence-corrected chi connectivity index (χ1v) is 5.45. The molecule has 92 valence electrons. The van der Waals surface area contributed by atoms with Crippen LogP contribution in [0.3, 0.4) is 0 Å². The number of esters is 1. The predicted octanol–water partition coefficient (Wildman–Crippen LogP) is 2.63. The average Bonchev–Trinajstić information content (AvgIpc) is 2.14. The lowest BCUT2D eigenvalue weighted by atomic mass is 10.1. The van der Waals surface area contributed by atoms with Crippen LogP contribution in [0.4, 0.5) is 0 Å². The summed E-state index contributed by atoms with van der Waals surface area (Å²) in [7, 11) is 0. The fourth-order valence-electron chi connectivity index (χ4n) is 1.22. The molecule has 1 rings (SSSR count). The van der Waals surface area contributed by atoms with Gasteiger partial charge in [-0.25, -0.2) is 9.59 Å². The molecule has 0 bridgehead atoms. The van der Waals surface area contributed by atoms with Gasteiger partial charge in [-0.05, 0) is 39.0 Å². The number of carboxylic acids is 1. The number of thiol groups is 1. The van der Waals surface area contributed by atoms with Gasteiger partial charge in [-0.1, -0.05) is 0 Å². The summed E-state index contributed by atoms with van der Waals surface area (Å²) in [5.41, 5.74) is -0.732. The van der Waals surface area contributed by atoms with Crippen molar-refractivity contribution in [2.45, 2.75) is 31.3 Å². The van der Waals surface area contributed by atoms with Crippen LogP contribution in [-0.4, -0.2) is 22.6 Å². The molecule has 0 saturated heterocycles. The molecule has 0 aliphatic carbocycles. The summed E-state index contributed by atoms with van der Waals surface area (Å²) in [4.78, 5) is 23.3. The van der Waals surface area contributed by atoms with E-state index in [9.17, 15) is 9.59 Å². The molecule has 0 radical (unpaired) electrons. The van der Waals surface area contributed by atoms with Crippen molar-refractivity contribution in [3.05, 3.63) is 29.3 Å². The van der Waals surface area contributed by atoms with Crippen molar-refractivity contribution in [1.29, 1.82) is 0 Å². The number of carbonyl (C=O) groups excluding carboxylic acids is 1. The van der Waals surface area contributed by atoms with Crippen LogP contribution in [0.2, 0.25) is 0 Å². The normalized spacial score (nSPS) is 11.1. The molecule has 1 aromatic rings. The third kappa shape index (κ3) is 3.78. The quantitative estimate of drug-likeness (QED) is 0.629. The molecule has 0 spiro atoms. The van der Waals surface area contributed by atoms with Crippen molar-refractivity contribution in [2.24, 2.45) is 0 Å². The molecule has 0 unspecified atom stereocenters. The largest absolute Gasteiger partial charge is 0.478 e. The van der Waals surface area contributed by atoms with Crippen molar-refractivity contribution >= 4 is 24.6 Å². The fourth-order valence-corrected chi connectivity index (χ4v) is 1.42. The van der Waals surface area contributed by atoms with Crippen LogP contribution >= 0.6 is 12.6 Å². The highest BCUT2D eigenvalue weighted by Crippen LogP contribution is 2.18. The third-order valence-corrected chi connectivity index (χ3v) is 2.13. The Labute approximate surface area is 105 Å². The molecule has 0 aliphatic heterocycles. The summed E-state index contributed by atoms with van der Waals surface area (Å²) in [6.07, 6.45) is 0. The van der Waals surface area contributed by atoms with Crippen LogP contribution in [0.25, 0.3) is 0 Å². The molecule has 0 amide bonds. The van der Waals surface area contributed by atoms with Gasteiger partial charge in [0, 0.05) is 4.90 Å². The van der Waals surface area contributed by atoms with Crippen LogP contribution in [0.5, 0.6) is 0 Å². The first kappa shape index (κ1) is 13.6. The third-order valence-electron chi connectivity index (χ3n) is 1.85. The number of carboxylic acid groups (broad SMARTS) is 1. The number of carbonyl (C=O) groups is 2. The van der Waals surface area contributed by atoms with Crippen molar-refractivity contribution in [3.63, 3.8) is 0 Å². The molecule has 0 saturated carbocycles. The van der Waals surface area contributed by atoms with Gasteiger partial charge in [-0.15, -0.1) is 12.6 Å². The van der Waals surface area contributed by atoms with E-state index in [1.807, 2.05) is 0 Å². The molecule has 1 N–H and O–H groups in total. The summed E-state index contributed by atoms with van der Waals surface area (Å²) in [6.45, 7) is 5.16. The molecular weight excluding hydrogens is 240 g/mol. The number of benzene rings is 1. The second-order valence-electron chi connectivity index (χ2n) is 4.54. The zero-order chi connectivity index (χ0) is 13.2. The maximum Gasteiger partial charge on any atom is 0.339 e. The van der Waals surface area contributed by atoms with Gasteiger partial charge in [-0.3, -0.25) is 0 Å². The molecule has 1 aromatic carbocycles. The predicted molar refractivity (Wildman–Crippen MR) is 65.8 cm³/mol. The molecular formula is C12H14O4S. The smallest absolute Gasteiger partial charge is 0.339 e. The molecule has 0 fully saturated rings. The molecule has 17 heavy (non-hydrogen) atoms. The van der Waals surface area contributed by atoms with Crippen LogP contribution in [0.1, 0.15) is 41.5 Å². The number of ether oxygens (including phenoxy) is 1. The Morgan fingerprint density at radius 1 is 1.24 bits per heavy atom. The van der Waals surface area contributed by atoms with E-state index < -0.39 is 17.5 Å². The van der Waals surface area contributed by atoms with E-state index in [1.165, 1.54) is 12.1 Å². The summed E-state index contributed by atoms with van der Waals surface area (Å²) in [5.74, 6) is -1.83. The number of aromatic carboxylic acids is 1. The lowest BCUT2D eigenvalue weighted by Gasteiger charge is -2.20. The Morgan fingerprint density at radius 2 is 1.82 bits per heavy atom. The van der Waals surface area contributed by atoms with Crippen LogP contribution in [0.15, 0.2) is 23.1 Å². The van der Waals surface area contributed by atoms with Crippen LogP contribution in [-0.2, 0) is 4.74 Å². The standard InChI is InChI=1S/C12H14O4S/c1-12(2,3)16-11(15)8-5-4-7(17)6-9(8)10(13)14/h4-6,17H,1-3H3,(H,13,14). The van der Waals surface area contributed by atoms with Gasteiger partial charge in [0.05, 0.1) is 11.1 Å². The van der Waals surface area contributed by atoms with Crippen molar-refractivity contribution in [1.82, 2.24) is 0 Å². The van der Waals surface area contributed by atoms with Gasteiger partial charge < -0.3 is 9.84 Å². The Kier molecular flexibility index (Phi) is 3.83. The van der Waals surface area contributed by atoms with Crippen molar-refractivity contribution in [3.8, 4) is 0 Å². The Bertz CT molecular complexity index is 460. The second kappa shape index (κ2) is 4.79. The minimum atomic E-state index is -1.18. The van der Waals surface area contributed by atoms with E-state index in [0.717, 1.165) is 0 Å². The van der Waals surface area contributed by atoms with E-state index >= 15 is 0 Å². The topological polar surface area (TPSA) is 63.6 Å². The zero-order valence-corrected chi connectivity index (χ0v) is 10.7. The Balaban J connectivity index is 3.14. The highest BCUT2D eigenvalue weighted by molar-refractivity contribution is 7.80.